The van der Waals surface area contributed by atoms with E-state index in [0.29, 0.717) is 30.5 Å². The highest BCUT2D eigenvalue weighted by Crippen LogP contribution is 2.22. The molecule has 1 aliphatic heterocycles. The Hall–Kier alpha value is -2.74. The first-order valence-corrected chi connectivity index (χ1v) is 9.50. The number of halogens is 1. The van der Waals surface area contributed by atoms with Gasteiger partial charge in [-0.15, -0.1) is 10.2 Å². The Labute approximate surface area is 167 Å². The van der Waals surface area contributed by atoms with Gasteiger partial charge >= 0.3 is 5.97 Å². The highest BCUT2D eigenvalue weighted by molar-refractivity contribution is 6.30. The van der Waals surface area contributed by atoms with Crippen LogP contribution in [-0.4, -0.2) is 55.2 Å². The molecule has 0 atom stereocenters. The number of carbonyl (C=O) groups is 2. The third-order valence-corrected chi connectivity index (χ3v) is 5.00. The average Bonchev–Trinajstić information content (AvgIpc) is 3.06. The summed E-state index contributed by atoms with van der Waals surface area (Å²) in [6.07, 6.45) is 4.91. The second-order valence-electron chi connectivity index (χ2n) is 6.91. The van der Waals surface area contributed by atoms with Crippen molar-refractivity contribution in [2.24, 2.45) is 5.92 Å². The van der Waals surface area contributed by atoms with E-state index < -0.39 is 5.97 Å². The Morgan fingerprint density at radius 3 is 2.71 bits per heavy atom. The lowest BCUT2D eigenvalue weighted by atomic mass is 9.93. The van der Waals surface area contributed by atoms with Crippen molar-refractivity contribution < 1.29 is 14.7 Å². The number of hydrogen-bond donors (Lipinski definition) is 1. The fourth-order valence-electron chi connectivity index (χ4n) is 3.29. The van der Waals surface area contributed by atoms with E-state index in [1.165, 1.54) is 4.80 Å². The molecule has 0 saturated carbocycles. The Bertz CT molecular complexity index is 887. The number of carboxylic acid groups (broad SMARTS) is 1. The van der Waals surface area contributed by atoms with Crippen molar-refractivity contribution in [2.75, 3.05) is 13.1 Å². The molecule has 9 heteroatoms. The van der Waals surface area contributed by atoms with Crippen LogP contribution in [0.25, 0.3) is 6.08 Å². The fourth-order valence-corrected chi connectivity index (χ4v) is 3.48. The van der Waals surface area contributed by atoms with Crippen LogP contribution in [0, 0.1) is 12.8 Å². The molecule has 2 aromatic rings. The summed E-state index contributed by atoms with van der Waals surface area (Å²) >= 11 is 6.12. The molecule has 1 aromatic carbocycles. The van der Waals surface area contributed by atoms with Gasteiger partial charge in [0, 0.05) is 30.6 Å². The van der Waals surface area contributed by atoms with Crippen molar-refractivity contribution in [1.82, 2.24) is 25.1 Å². The minimum Gasteiger partial charge on any atom is -0.481 e. The Kier molecular flexibility index (Phi) is 6.41. The van der Waals surface area contributed by atoms with Crippen LogP contribution in [0.1, 0.15) is 36.2 Å². The van der Waals surface area contributed by atoms with Crippen LogP contribution in [-0.2, 0) is 16.1 Å². The number of aromatic nitrogens is 4. The van der Waals surface area contributed by atoms with Crippen LogP contribution < -0.4 is 0 Å². The van der Waals surface area contributed by atoms with Crippen molar-refractivity contribution in [3.05, 3.63) is 46.2 Å². The maximum atomic E-state index is 12.5. The predicted molar refractivity (Wildman–Crippen MR) is 104 cm³/mol. The van der Waals surface area contributed by atoms with Crippen LogP contribution >= 0.6 is 11.6 Å². The van der Waals surface area contributed by atoms with Gasteiger partial charge in [-0.25, -0.2) is 0 Å². The first kappa shape index (κ1) is 20.0. The van der Waals surface area contributed by atoms with E-state index in [2.05, 4.69) is 15.4 Å². The normalized spacial score (nSPS) is 15.3. The molecule has 0 aliphatic carbocycles. The van der Waals surface area contributed by atoms with Crippen molar-refractivity contribution in [3.63, 3.8) is 0 Å². The fraction of sp³-hybridized carbons (Fsp3) is 0.421. The number of likely N-dealkylation sites (tertiary alicyclic amines) is 1. The molecule has 0 unspecified atom stereocenters. The third kappa shape index (κ3) is 5.39. The largest absolute Gasteiger partial charge is 0.481 e. The Morgan fingerprint density at radius 1 is 1.32 bits per heavy atom. The summed E-state index contributed by atoms with van der Waals surface area (Å²) in [4.78, 5) is 26.5. The van der Waals surface area contributed by atoms with Crippen LogP contribution in [0.3, 0.4) is 0 Å². The quantitative estimate of drug-likeness (QED) is 0.743. The summed E-state index contributed by atoms with van der Waals surface area (Å²) < 4.78 is 0. The highest BCUT2D eigenvalue weighted by Gasteiger charge is 2.23. The van der Waals surface area contributed by atoms with E-state index in [9.17, 15) is 9.59 Å². The predicted octanol–water partition coefficient (Wildman–Crippen LogP) is 2.41. The number of piperidine rings is 1. The standard InChI is InChI=1S/C19H22ClN5O3/c1-13-21-23-25(22-13)12-16-11-17(20)4-2-15(16)3-5-18(26)24-8-6-14(7-9-24)10-19(27)28/h2-5,11,14H,6-10,12H2,1H3,(H,27,28). The van der Waals surface area contributed by atoms with E-state index in [1.807, 2.05) is 12.1 Å². The molecule has 1 aromatic heterocycles. The van der Waals surface area contributed by atoms with Gasteiger partial charge in [0.15, 0.2) is 5.82 Å². The topological polar surface area (TPSA) is 101 Å². The van der Waals surface area contributed by atoms with Crippen LogP contribution in [0.4, 0.5) is 0 Å². The number of benzene rings is 1. The zero-order valence-electron chi connectivity index (χ0n) is 15.6. The molecular weight excluding hydrogens is 382 g/mol. The minimum atomic E-state index is -0.781. The van der Waals surface area contributed by atoms with Gasteiger partial charge in [0.05, 0.1) is 6.54 Å². The van der Waals surface area contributed by atoms with Gasteiger partial charge in [-0.2, -0.15) is 4.80 Å². The number of nitrogens with zero attached hydrogens (tertiary/aromatic N) is 5. The molecule has 1 fully saturated rings. The van der Waals surface area contributed by atoms with E-state index >= 15 is 0 Å². The molecular formula is C19H22ClN5O3. The number of aliphatic carboxylic acids is 1. The van der Waals surface area contributed by atoms with Crippen LogP contribution in [0.5, 0.6) is 0 Å². The maximum Gasteiger partial charge on any atom is 0.303 e. The number of tetrazole rings is 1. The summed E-state index contributed by atoms with van der Waals surface area (Å²) in [5, 5.41) is 21.5. The van der Waals surface area contributed by atoms with Gasteiger partial charge in [-0.05, 0) is 60.2 Å². The molecule has 1 amide bonds. The zero-order valence-corrected chi connectivity index (χ0v) is 16.3. The molecule has 0 spiro atoms. The molecule has 1 N–H and O–H groups in total. The van der Waals surface area contributed by atoms with Crippen molar-refractivity contribution in [2.45, 2.75) is 32.7 Å². The van der Waals surface area contributed by atoms with Gasteiger partial charge < -0.3 is 10.0 Å². The SMILES string of the molecule is Cc1nnn(Cc2cc(Cl)ccc2C=CC(=O)N2CCC(CC(=O)O)CC2)n1. The monoisotopic (exact) mass is 403 g/mol. The molecule has 1 saturated heterocycles. The average molecular weight is 404 g/mol. The summed E-state index contributed by atoms with van der Waals surface area (Å²) in [5.41, 5.74) is 1.74. The molecule has 1 aliphatic rings. The number of rotatable bonds is 6. The van der Waals surface area contributed by atoms with Crippen molar-refractivity contribution in [3.8, 4) is 0 Å². The summed E-state index contributed by atoms with van der Waals surface area (Å²) in [7, 11) is 0. The van der Waals surface area contributed by atoms with Gasteiger partial charge in [0.25, 0.3) is 0 Å². The number of carbonyl (C=O) groups excluding carboxylic acids is 1. The molecule has 0 bridgehead atoms. The number of carboxylic acids is 1. The molecule has 2 heterocycles. The molecule has 0 radical (unpaired) electrons. The minimum absolute atomic E-state index is 0.0793. The van der Waals surface area contributed by atoms with Gasteiger partial charge in [0.2, 0.25) is 5.91 Å². The van der Waals surface area contributed by atoms with E-state index in [4.69, 9.17) is 16.7 Å². The zero-order chi connectivity index (χ0) is 20.1. The number of amides is 1. The molecule has 28 heavy (non-hydrogen) atoms. The molecule has 8 nitrogen and oxygen atoms in total. The summed E-state index contributed by atoms with van der Waals surface area (Å²) in [5.74, 6) is -0.131. The van der Waals surface area contributed by atoms with Crippen molar-refractivity contribution >= 4 is 29.6 Å². The first-order valence-electron chi connectivity index (χ1n) is 9.12. The van der Waals surface area contributed by atoms with E-state index in [0.717, 1.165) is 24.0 Å². The lowest BCUT2D eigenvalue weighted by Crippen LogP contribution is -2.37. The molecule has 148 valence electrons. The molecule has 3 rings (SSSR count). The second-order valence-corrected chi connectivity index (χ2v) is 7.35. The van der Waals surface area contributed by atoms with E-state index in [1.54, 1.807) is 30.0 Å². The number of hydrogen-bond acceptors (Lipinski definition) is 5. The van der Waals surface area contributed by atoms with Gasteiger partial charge in [-0.1, -0.05) is 17.7 Å². The second kappa shape index (κ2) is 8.97. The first-order chi connectivity index (χ1) is 13.4. The number of aryl methyl sites for hydroxylation is 1. The van der Waals surface area contributed by atoms with E-state index in [-0.39, 0.29) is 18.2 Å². The van der Waals surface area contributed by atoms with Crippen LogP contribution in [0.15, 0.2) is 24.3 Å². The smallest absolute Gasteiger partial charge is 0.303 e. The Balaban J connectivity index is 1.65. The third-order valence-electron chi connectivity index (χ3n) is 4.76. The summed E-state index contributed by atoms with van der Waals surface area (Å²) in [6, 6.07) is 5.44. The Morgan fingerprint density at radius 2 is 2.07 bits per heavy atom. The lowest BCUT2D eigenvalue weighted by molar-refractivity contribution is -0.138. The van der Waals surface area contributed by atoms with Gasteiger partial charge in [0.1, 0.15) is 0 Å². The summed E-state index contributed by atoms with van der Waals surface area (Å²) in [6.45, 7) is 3.32. The lowest BCUT2D eigenvalue weighted by Gasteiger charge is -2.30. The maximum absolute atomic E-state index is 12.5. The highest BCUT2D eigenvalue weighted by atomic mass is 35.5. The van der Waals surface area contributed by atoms with Gasteiger partial charge in [-0.3, -0.25) is 9.59 Å². The van der Waals surface area contributed by atoms with Crippen LogP contribution in [0.2, 0.25) is 5.02 Å². The van der Waals surface area contributed by atoms with Crippen molar-refractivity contribution in [1.29, 1.82) is 0 Å².